The van der Waals surface area contributed by atoms with Crippen LogP contribution >= 0.6 is 11.8 Å². The number of ether oxygens (including phenoxy) is 2. The van der Waals surface area contributed by atoms with Crippen LogP contribution in [0.25, 0.3) is 6.08 Å². The van der Waals surface area contributed by atoms with E-state index in [-0.39, 0.29) is 30.3 Å². The van der Waals surface area contributed by atoms with E-state index in [1.54, 1.807) is 36.4 Å². The molecule has 7 heteroatoms. The monoisotopic (exact) mass is 357 g/mol. The Morgan fingerprint density at radius 3 is 2.64 bits per heavy atom. The molecule has 25 heavy (non-hydrogen) atoms. The van der Waals surface area contributed by atoms with Crippen LogP contribution in [0.3, 0.4) is 0 Å². The van der Waals surface area contributed by atoms with Crippen molar-refractivity contribution in [3.8, 4) is 11.5 Å². The molecule has 0 spiro atoms. The van der Waals surface area contributed by atoms with Crippen LogP contribution in [0.5, 0.6) is 11.5 Å². The molecule has 0 unspecified atom stereocenters. The van der Waals surface area contributed by atoms with Crippen LogP contribution in [0.1, 0.15) is 11.1 Å². The van der Waals surface area contributed by atoms with Gasteiger partial charge in [-0.15, -0.1) is 0 Å². The summed E-state index contributed by atoms with van der Waals surface area (Å²) in [5, 5.41) is -0.346. The number of amides is 2. The maximum Gasteiger partial charge on any atom is 0.293 e. The molecule has 2 amide bonds. The Morgan fingerprint density at radius 2 is 1.84 bits per heavy atom. The third-order valence-electron chi connectivity index (χ3n) is 3.82. The molecule has 2 heterocycles. The topological polar surface area (TPSA) is 55.8 Å². The summed E-state index contributed by atoms with van der Waals surface area (Å²) in [7, 11) is 0. The van der Waals surface area contributed by atoms with E-state index < -0.39 is 0 Å². The highest BCUT2D eigenvalue weighted by Gasteiger charge is 2.35. The number of thioether (sulfide) groups is 1. The number of hydrogen-bond acceptors (Lipinski definition) is 5. The van der Waals surface area contributed by atoms with E-state index in [1.165, 1.54) is 12.1 Å². The number of benzene rings is 2. The number of imide groups is 1. The first kappa shape index (κ1) is 15.7. The van der Waals surface area contributed by atoms with Gasteiger partial charge in [0.05, 0.1) is 11.4 Å². The van der Waals surface area contributed by atoms with E-state index >= 15 is 0 Å². The molecule has 4 rings (SSSR count). The highest BCUT2D eigenvalue weighted by molar-refractivity contribution is 8.18. The van der Waals surface area contributed by atoms with Crippen LogP contribution in [0, 0.1) is 5.82 Å². The summed E-state index contributed by atoms with van der Waals surface area (Å²) in [4.78, 5) is 26.2. The number of rotatable bonds is 3. The van der Waals surface area contributed by atoms with Gasteiger partial charge in [-0.25, -0.2) is 4.39 Å². The zero-order valence-electron chi connectivity index (χ0n) is 12.9. The molecule has 1 saturated heterocycles. The fraction of sp³-hybridized carbons (Fsp3) is 0.111. The lowest BCUT2D eigenvalue weighted by Gasteiger charge is -2.12. The zero-order chi connectivity index (χ0) is 17.4. The van der Waals surface area contributed by atoms with E-state index in [9.17, 15) is 14.0 Å². The number of hydrogen-bond donors (Lipinski definition) is 0. The molecule has 2 aliphatic heterocycles. The first-order valence-electron chi connectivity index (χ1n) is 7.49. The number of halogens is 1. The van der Waals surface area contributed by atoms with Crippen LogP contribution in [-0.4, -0.2) is 22.8 Å². The van der Waals surface area contributed by atoms with Gasteiger partial charge in [0.2, 0.25) is 6.79 Å². The van der Waals surface area contributed by atoms with E-state index in [0.29, 0.717) is 22.0 Å². The summed E-state index contributed by atoms with van der Waals surface area (Å²) in [6.45, 7) is 0.288. The highest BCUT2D eigenvalue weighted by atomic mass is 32.2. The minimum atomic E-state index is -0.364. The number of carbonyl (C=O) groups excluding carboxylic acids is 2. The first-order chi connectivity index (χ1) is 12.1. The quantitative estimate of drug-likeness (QED) is 0.783. The molecule has 1 fully saturated rings. The summed E-state index contributed by atoms with van der Waals surface area (Å²) < 4.78 is 23.5. The number of carbonyl (C=O) groups is 2. The lowest BCUT2D eigenvalue weighted by Crippen LogP contribution is -2.27. The Labute approximate surface area is 147 Å². The maximum atomic E-state index is 13.0. The molecule has 5 nitrogen and oxygen atoms in total. The van der Waals surface area contributed by atoms with Crippen molar-refractivity contribution in [1.29, 1.82) is 0 Å². The van der Waals surface area contributed by atoms with Crippen LogP contribution in [0.2, 0.25) is 0 Å². The standard InChI is InChI=1S/C18H12FNO4S/c19-13-4-1-11(2-5-13)9-20-17(21)16(25-18(20)22)8-12-3-6-14-15(7-12)24-10-23-14/h1-8H,9-10H2/b16-8+. The summed E-state index contributed by atoms with van der Waals surface area (Å²) in [6.07, 6.45) is 1.65. The largest absolute Gasteiger partial charge is 0.454 e. The van der Waals surface area contributed by atoms with Gasteiger partial charge in [0.1, 0.15) is 5.82 Å². The molecule has 0 bridgehead atoms. The van der Waals surface area contributed by atoms with Gasteiger partial charge in [-0.2, -0.15) is 0 Å². The SMILES string of the molecule is O=C1S/C(=C/c2ccc3c(c2)OCO3)C(=O)N1Cc1ccc(F)cc1. The van der Waals surface area contributed by atoms with Crippen LogP contribution in [0.4, 0.5) is 9.18 Å². The minimum absolute atomic E-state index is 0.115. The summed E-state index contributed by atoms with van der Waals surface area (Å²) in [5.41, 5.74) is 1.43. The predicted octanol–water partition coefficient (Wildman–Crippen LogP) is 3.79. The minimum Gasteiger partial charge on any atom is -0.454 e. The maximum absolute atomic E-state index is 13.0. The first-order valence-corrected chi connectivity index (χ1v) is 8.31. The van der Waals surface area contributed by atoms with Gasteiger partial charge in [0.15, 0.2) is 11.5 Å². The average Bonchev–Trinajstić information content (AvgIpc) is 3.16. The lowest BCUT2D eigenvalue weighted by molar-refractivity contribution is -0.123. The Morgan fingerprint density at radius 1 is 1.08 bits per heavy atom. The van der Waals surface area contributed by atoms with Gasteiger partial charge >= 0.3 is 0 Å². The second-order valence-electron chi connectivity index (χ2n) is 5.51. The normalized spacial score (nSPS) is 17.6. The molecular weight excluding hydrogens is 345 g/mol. The van der Waals surface area contributed by atoms with Gasteiger partial charge in [-0.3, -0.25) is 14.5 Å². The zero-order valence-corrected chi connectivity index (χ0v) is 13.7. The Kier molecular flexibility index (Phi) is 3.93. The average molecular weight is 357 g/mol. The molecule has 0 N–H and O–H groups in total. The van der Waals surface area contributed by atoms with Crippen LogP contribution < -0.4 is 9.47 Å². The molecule has 2 aromatic carbocycles. The molecule has 0 radical (unpaired) electrons. The second-order valence-corrected chi connectivity index (χ2v) is 6.50. The van der Waals surface area contributed by atoms with Crippen molar-refractivity contribution >= 4 is 29.0 Å². The van der Waals surface area contributed by atoms with Gasteiger partial charge in [0.25, 0.3) is 11.1 Å². The van der Waals surface area contributed by atoms with Crippen molar-refractivity contribution < 1.29 is 23.5 Å². The summed E-state index contributed by atoms with van der Waals surface area (Å²) in [5.74, 6) is 0.540. The molecule has 2 aliphatic rings. The third-order valence-corrected chi connectivity index (χ3v) is 4.73. The van der Waals surface area contributed by atoms with Crippen molar-refractivity contribution in [3.05, 3.63) is 64.3 Å². The Bertz CT molecular complexity index is 894. The molecule has 0 saturated carbocycles. The molecular formula is C18H12FNO4S. The van der Waals surface area contributed by atoms with Crippen molar-refractivity contribution in [2.24, 2.45) is 0 Å². The summed E-state index contributed by atoms with van der Waals surface area (Å²) >= 11 is 0.885. The smallest absolute Gasteiger partial charge is 0.293 e. The second kappa shape index (κ2) is 6.25. The molecule has 0 aliphatic carbocycles. The van der Waals surface area contributed by atoms with E-state index in [0.717, 1.165) is 22.2 Å². The van der Waals surface area contributed by atoms with Gasteiger partial charge in [-0.05, 0) is 53.2 Å². The highest BCUT2D eigenvalue weighted by Crippen LogP contribution is 2.36. The van der Waals surface area contributed by atoms with Crippen molar-refractivity contribution in [3.63, 3.8) is 0 Å². The van der Waals surface area contributed by atoms with Gasteiger partial charge in [-0.1, -0.05) is 18.2 Å². The molecule has 0 atom stereocenters. The number of nitrogens with zero attached hydrogens (tertiary/aromatic N) is 1. The number of fused-ring (bicyclic) bond motifs is 1. The molecule has 0 aromatic heterocycles. The third kappa shape index (κ3) is 3.10. The fourth-order valence-corrected chi connectivity index (χ4v) is 3.40. The van der Waals surface area contributed by atoms with Crippen molar-refractivity contribution in [2.75, 3.05) is 6.79 Å². The van der Waals surface area contributed by atoms with Crippen LogP contribution in [-0.2, 0) is 11.3 Å². The van der Waals surface area contributed by atoms with Gasteiger partial charge in [0, 0.05) is 0 Å². The Balaban J connectivity index is 1.55. The summed E-state index contributed by atoms with van der Waals surface area (Å²) in [6, 6.07) is 11.0. The predicted molar refractivity (Wildman–Crippen MR) is 90.5 cm³/mol. The van der Waals surface area contributed by atoms with Crippen molar-refractivity contribution in [1.82, 2.24) is 4.90 Å². The molecule has 2 aromatic rings. The lowest BCUT2D eigenvalue weighted by atomic mass is 10.1. The Hall–Kier alpha value is -2.80. The van der Waals surface area contributed by atoms with Crippen molar-refractivity contribution in [2.45, 2.75) is 6.54 Å². The fourth-order valence-electron chi connectivity index (χ4n) is 2.56. The van der Waals surface area contributed by atoms with Crippen LogP contribution in [0.15, 0.2) is 47.4 Å². The van der Waals surface area contributed by atoms with E-state index in [2.05, 4.69) is 0 Å². The van der Waals surface area contributed by atoms with Gasteiger partial charge < -0.3 is 9.47 Å². The molecule has 126 valence electrons. The van der Waals surface area contributed by atoms with E-state index in [1.807, 2.05) is 0 Å². The van der Waals surface area contributed by atoms with E-state index in [4.69, 9.17) is 9.47 Å².